The first-order valence-corrected chi connectivity index (χ1v) is 12.0. The number of anilines is 1. The molecule has 2 aliphatic rings. The average molecular weight is 516 g/mol. The van der Waals surface area contributed by atoms with Gasteiger partial charge in [0.25, 0.3) is 5.91 Å². The van der Waals surface area contributed by atoms with E-state index in [0.29, 0.717) is 37.5 Å². The van der Waals surface area contributed by atoms with Crippen LogP contribution in [0.1, 0.15) is 48.5 Å². The number of hydrogen-bond acceptors (Lipinski definition) is 9. The minimum atomic E-state index is -1.40. The van der Waals surface area contributed by atoms with E-state index in [1.54, 1.807) is 0 Å². The summed E-state index contributed by atoms with van der Waals surface area (Å²) in [6, 6.07) is 5.96. The molecule has 0 unspecified atom stereocenters. The van der Waals surface area contributed by atoms with Crippen LogP contribution in [0.3, 0.4) is 0 Å². The Balaban J connectivity index is 1.70. The van der Waals surface area contributed by atoms with Crippen LogP contribution in [-0.4, -0.2) is 64.6 Å². The molecule has 1 saturated heterocycles. The molecule has 2 N–H and O–H groups in total. The molecule has 37 heavy (non-hydrogen) atoms. The third-order valence-corrected chi connectivity index (χ3v) is 6.49. The molecular weight excluding hydrogens is 486 g/mol. The van der Waals surface area contributed by atoms with Crippen LogP contribution in [0.5, 0.6) is 17.2 Å². The van der Waals surface area contributed by atoms with Crippen molar-refractivity contribution in [1.82, 2.24) is 4.90 Å². The third-order valence-electron chi connectivity index (χ3n) is 6.49. The Morgan fingerprint density at radius 1 is 1.24 bits per heavy atom. The van der Waals surface area contributed by atoms with Gasteiger partial charge in [0.05, 0.1) is 35.9 Å². The van der Waals surface area contributed by atoms with Crippen molar-refractivity contribution in [3.05, 3.63) is 51.6 Å². The third kappa shape index (κ3) is 5.10. The molecule has 2 aromatic carbocycles. The van der Waals surface area contributed by atoms with Crippen molar-refractivity contribution in [1.29, 1.82) is 0 Å². The van der Waals surface area contributed by atoms with Crippen molar-refractivity contribution in [3.63, 3.8) is 0 Å². The number of carbonyl (C=O) groups excluding carboxylic acids is 2. The maximum Gasteiger partial charge on any atom is 0.416 e. The summed E-state index contributed by atoms with van der Waals surface area (Å²) in [5.74, 6) is -0.232. The molecule has 0 bridgehead atoms. The van der Waals surface area contributed by atoms with Crippen molar-refractivity contribution >= 4 is 23.4 Å². The Morgan fingerprint density at radius 3 is 2.73 bits per heavy atom. The van der Waals surface area contributed by atoms with Gasteiger partial charge in [-0.3, -0.25) is 14.9 Å². The largest absolute Gasteiger partial charge is 0.502 e. The number of aliphatic hydroxyl groups excluding tert-OH is 1. The predicted octanol–water partition coefficient (Wildman–Crippen LogP) is 3.57. The molecule has 198 valence electrons. The van der Waals surface area contributed by atoms with Gasteiger partial charge in [-0.05, 0) is 37.0 Å². The molecule has 4 rings (SSSR count). The van der Waals surface area contributed by atoms with Crippen molar-refractivity contribution in [2.24, 2.45) is 0 Å². The second kappa shape index (κ2) is 10.9. The molecule has 0 aromatic heterocycles. The van der Waals surface area contributed by atoms with Crippen molar-refractivity contribution in [2.75, 3.05) is 25.2 Å². The molecular formula is C25H29N3O9. The Hall–Kier alpha value is -4.06. The summed E-state index contributed by atoms with van der Waals surface area (Å²) < 4.78 is 16.7. The van der Waals surface area contributed by atoms with Crippen LogP contribution in [0.2, 0.25) is 0 Å². The number of rotatable bonds is 8. The summed E-state index contributed by atoms with van der Waals surface area (Å²) in [6.07, 6.45) is 0.489. The smallest absolute Gasteiger partial charge is 0.416 e. The quantitative estimate of drug-likeness (QED) is 0.305. The van der Waals surface area contributed by atoms with E-state index in [0.717, 1.165) is 29.9 Å². The lowest BCUT2D eigenvalue weighted by atomic mass is 10.1. The van der Waals surface area contributed by atoms with E-state index in [1.165, 1.54) is 30.2 Å². The Morgan fingerprint density at radius 2 is 2.03 bits per heavy atom. The summed E-state index contributed by atoms with van der Waals surface area (Å²) in [7, 11) is 1.45. The van der Waals surface area contributed by atoms with E-state index >= 15 is 0 Å². The highest BCUT2D eigenvalue weighted by molar-refractivity contribution is 6.06. The fourth-order valence-corrected chi connectivity index (χ4v) is 4.57. The molecule has 0 spiro atoms. The number of carbonyl (C=O) groups is 2. The maximum atomic E-state index is 13.4. The van der Waals surface area contributed by atoms with Crippen molar-refractivity contribution < 1.29 is 38.9 Å². The van der Waals surface area contributed by atoms with Crippen LogP contribution in [0.25, 0.3) is 0 Å². The number of methoxy groups -OCH3 is 1. The number of nitro benzene ring substituents is 1. The first-order valence-electron chi connectivity index (χ1n) is 12.0. The van der Waals surface area contributed by atoms with Gasteiger partial charge >= 0.3 is 11.8 Å². The number of ether oxygens (including phenoxy) is 3. The van der Waals surface area contributed by atoms with Crippen LogP contribution in [-0.2, 0) is 11.3 Å². The number of aromatic hydroxyl groups is 1. The number of phenols is 1. The highest BCUT2D eigenvalue weighted by atomic mass is 16.6. The number of nitrogens with zero attached hydrogens (tertiary/aromatic N) is 3. The zero-order chi connectivity index (χ0) is 26.7. The molecule has 2 aliphatic heterocycles. The number of fused-ring (bicyclic) bond motifs is 2. The summed E-state index contributed by atoms with van der Waals surface area (Å²) in [5, 5.41) is 32.1. The minimum absolute atomic E-state index is 0.112. The van der Waals surface area contributed by atoms with E-state index in [-0.39, 0.29) is 29.3 Å². The normalized spacial score (nSPS) is 18.6. The average Bonchev–Trinajstić information content (AvgIpc) is 3.35. The highest BCUT2D eigenvalue weighted by Gasteiger charge is 2.45. The zero-order valence-corrected chi connectivity index (χ0v) is 20.6. The Bertz CT molecular complexity index is 1200. The van der Waals surface area contributed by atoms with Gasteiger partial charge in [0, 0.05) is 18.7 Å². The number of hydrogen-bond donors (Lipinski definition) is 2. The summed E-state index contributed by atoms with van der Waals surface area (Å²) in [5.41, 5.74) is 0.00221. The van der Waals surface area contributed by atoms with Crippen LogP contribution in [0.4, 0.5) is 16.2 Å². The molecule has 2 amide bonds. The summed E-state index contributed by atoms with van der Waals surface area (Å²) in [6.45, 7) is 2.47. The van der Waals surface area contributed by atoms with Crippen LogP contribution >= 0.6 is 0 Å². The molecule has 2 atom stereocenters. The van der Waals surface area contributed by atoms with E-state index < -0.39 is 34.7 Å². The fourth-order valence-electron chi connectivity index (χ4n) is 4.57. The Labute approximate surface area is 213 Å². The number of nitro groups is 1. The first-order chi connectivity index (χ1) is 17.8. The van der Waals surface area contributed by atoms with Gasteiger partial charge in [-0.1, -0.05) is 19.4 Å². The van der Waals surface area contributed by atoms with Gasteiger partial charge in [-0.2, -0.15) is 0 Å². The van der Waals surface area contributed by atoms with Gasteiger partial charge in [0.15, 0.2) is 23.5 Å². The number of aliphatic hydroxyl groups is 1. The summed E-state index contributed by atoms with van der Waals surface area (Å²) in [4.78, 5) is 39.7. The highest BCUT2D eigenvalue weighted by Crippen LogP contribution is 2.41. The lowest BCUT2D eigenvalue weighted by Crippen LogP contribution is -2.50. The van der Waals surface area contributed by atoms with Crippen molar-refractivity contribution in [3.8, 4) is 17.2 Å². The van der Waals surface area contributed by atoms with E-state index in [9.17, 15) is 29.9 Å². The molecule has 12 heteroatoms. The van der Waals surface area contributed by atoms with Gasteiger partial charge in [-0.15, -0.1) is 0 Å². The Kier molecular flexibility index (Phi) is 7.67. The minimum Gasteiger partial charge on any atom is -0.502 e. The van der Waals surface area contributed by atoms with Crippen LogP contribution in [0, 0.1) is 10.1 Å². The number of phenolic OH excluding ortho intramolecular Hbond substituents is 1. The summed E-state index contributed by atoms with van der Waals surface area (Å²) >= 11 is 0. The van der Waals surface area contributed by atoms with Gasteiger partial charge in [0.1, 0.15) is 6.61 Å². The monoisotopic (exact) mass is 515 g/mol. The lowest BCUT2D eigenvalue weighted by Gasteiger charge is -2.31. The first kappa shape index (κ1) is 26.0. The van der Waals surface area contributed by atoms with Crippen LogP contribution in [0.15, 0.2) is 30.3 Å². The van der Waals surface area contributed by atoms with Gasteiger partial charge < -0.3 is 29.3 Å². The maximum absolute atomic E-state index is 13.4. The number of benzene rings is 2. The molecule has 1 fully saturated rings. The molecule has 2 aromatic rings. The van der Waals surface area contributed by atoms with E-state index in [4.69, 9.17) is 14.2 Å². The molecule has 0 saturated carbocycles. The second-order valence-electron chi connectivity index (χ2n) is 8.85. The predicted molar refractivity (Wildman–Crippen MR) is 131 cm³/mol. The number of unbranched alkanes of at least 4 members (excludes halogenated alkanes) is 1. The van der Waals surface area contributed by atoms with Crippen molar-refractivity contribution in [2.45, 2.75) is 51.5 Å². The number of amides is 2. The van der Waals surface area contributed by atoms with Gasteiger partial charge in [0.2, 0.25) is 0 Å². The van der Waals surface area contributed by atoms with E-state index in [2.05, 4.69) is 0 Å². The topological polar surface area (TPSA) is 152 Å². The molecule has 0 aliphatic carbocycles. The second-order valence-corrected chi connectivity index (χ2v) is 8.85. The molecule has 0 radical (unpaired) electrons. The fraction of sp³-hybridized carbons (Fsp3) is 0.440. The lowest BCUT2D eigenvalue weighted by molar-refractivity contribution is -0.385. The molecule has 2 heterocycles. The standard InChI is InChI=1S/C25H29N3O9/c1-3-4-10-36-22-13-18-16(12-21(22)35-2)23(30)26-9-5-6-17(26)24(31)27(18)25(32)37-14-15-7-8-20(29)19(11-15)28(33)34/h7-8,11-13,17,24,29,31H,3-6,9-10,14H2,1-2H3/t17-,24-/m0/s1. The molecule has 12 nitrogen and oxygen atoms in total. The zero-order valence-electron chi connectivity index (χ0n) is 20.6. The SMILES string of the molecule is CCCCOc1cc2c(cc1OC)C(=O)N1CCC[C@H]1[C@H](O)N2C(=O)OCc1ccc(O)c([N+](=O)[O-])c1. The van der Waals surface area contributed by atoms with E-state index in [1.807, 2.05) is 6.92 Å². The van der Waals surface area contributed by atoms with Crippen LogP contribution < -0.4 is 14.4 Å². The van der Waals surface area contributed by atoms with Gasteiger partial charge in [-0.25, -0.2) is 9.69 Å².